The summed E-state index contributed by atoms with van der Waals surface area (Å²) in [4.78, 5) is 25.8. The van der Waals surface area contributed by atoms with E-state index in [9.17, 15) is 14.7 Å². The number of hydrogen-bond acceptors (Lipinski definition) is 3. The van der Waals surface area contributed by atoms with Crippen molar-refractivity contribution in [1.82, 2.24) is 10.2 Å². The molecule has 0 aromatic heterocycles. The molecule has 1 aliphatic heterocycles. The Morgan fingerprint density at radius 2 is 2.19 bits per heavy atom. The number of aliphatic carboxylic acids is 1. The van der Waals surface area contributed by atoms with Crippen LogP contribution in [-0.4, -0.2) is 53.3 Å². The van der Waals surface area contributed by atoms with E-state index in [-0.39, 0.29) is 24.2 Å². The predicted octanol–water partition coefficient (Wildman–Crippen LogP) is 1.84. The van der Waals surface area contributed by atoms with E-state index in [1.54, 1.807) is 11.8 Å². The van der Waals surface area contributed by atoms with Crippen LogP contribution in [-0.2, 0) is 9.53 Å². The Bertz CT molecular complexity index is 414. The SMILES string of the molecule is CCC1COC(C)CN1C(=O)NC1CCCC1(C)C(=O)O. The molecule has 4 unspecified atom stereocenters. The summed E-state index contributed by atoms with van der Waals surface area (Å²) in [6.07, 6.45) is 3.04. The van der Waals surface area contributed by atoms with E-state index in [0.717, 1.165) is 19.3 Å². The third-order valence-corrected chi connectivity index (χ3v) is 4.94. The van der Waals surface area contributed by atoms with Crippen LogP contribution < -0.4 is 5.32 Å². The number of amides is 2. The second-order valence-electron chi connectivity index (χ2n) is 6.48. The third-order valence-electron chi connectivity index (χ3n) is 4.94. The van der Waals surface area contributed by atoms with Gasteiger partial charge in [0.05, 0.1) is 24.2 Å². The van der Waals surface area contributed by atoms with Crippen LogP contribution in [0.4, 0.5) is 4.79 Å². The maximum atomic E-state index is 12.5. The first kappa shape index (κ1) is 16.1. The zero-order chi connectivity index (χ0) is 15.6. The molecule has 4 atom stereocenters. The number of carbonyl (C=O) groups is 2. The van der Waals surface area contributed by atoms with Gasteiger partial charge < -0.3 is 20.1 Å². The maximum Gasteiger partial charge on any atom is 0.318 e. The number of rotatable bonds is 3. The lowest BCUT2D eigenvalue weighted by atomic mass is 9.85. The molecule has 0 bridgehead atoms. The fourth-order valence-corrected chi connectivity index (χ4v) is 3.32. The number of urea groups is 1. The Morgan fingerprint density at radius 1 is 1.48 bits per heavy atom. The van der Waals surface area contributed by atoms with E-state index >= 15 is 0 Å². The summed E-state index contributed by atoms with van der Waals surface area (Å²) < 4.78 is 5.60. The van der Waals surface area contributed by atoms with Crippen LogP contribution in [0.5, 0.6) is 0 Å². The second-order valence-corrected chi connectivity index (χ2v) is 6.48. The monoisotopic (exact) mass is 298 g/mol. The number of nitrogens with one attached hydrogen (secondary N) is 1. The van der Waals surface area contributed by atoms with Crippen LogP contribution in [0.2, 0.25) is 0 Å². The molecule has 2 rings (SSSR count). The number of hydrogen-bond donors (Lipinski definition) is 2. The van der Waals surface area contributed by atoms with Crippen LogP contribution in [0.25, 0.3) is 0 Å². The van der Waals surface area contributed by atoms with Gasteiger partial charge in [-0.05, 0) is 33.1 Å². The molecular weight excluding hydrogens is 272 g/mol. The van der Waals surface area contributed by atoms with Crippen molar-refractivity contribution in [2.45, 2.75) is 64.6 Å². The average molecular weight is 298 g/mol. The van der Waals surface area contributed by atoms with Crippen molar-refractivity contribution in [2.75, 3.05) is 13.2 Å². The molecule has 0 spiro atoms. The van der Waals surface area contributed by atoms with E-state index < -0.39 is 11.4 Å². The minimum Gasteiger partial charge on any atom is -0.481 e. The van der Waals surface area contributed by atoms with Gasteiger partial charge >= 0.3 is 12.0 Å². The highest BCUT2D eigenvalue weighted by atomic mass is 16.5. The van der Waals surface area contributed by atoms with E-state index in [1.165, 1.54) is 0 Å². The lowest BCUT2D eigenvalue weighted by Crippen LogP contribution is -2.58. The zero-order valence-corrected chi connectivity index (χ0v) is 13.1. The highest BCUT2D eigenvalue weighted by molar-refractivity contribution is 5.79. The van der Waals surface area contributed by atoms with Crippen molar-refractivity contribution >= 4 is 12.0 Å². The summed E-state index contributed by atoms with van der Waals surface area (Å²) in [7, 11) is 0. The van der Waals surface area contributed by atoms with E-state index in [2.05, 4.69) is 5.32 Å². The molecule has 21 heavy (non-hydrogen) atoms. The Labute approximate surface area is 125 Å². The number of carboxylic acids is 1. The van der Waals surface area contributed by atoms with Crippen LogP contribution in [0, 0.1) is 5.41 Å². The van der Waals surface area contributed by atoms with Crippen LogP contribution in [0.3, 0.4) is 0 Å². The first-order valence-electron chi connectivity index (χ1n) is 7.80. The predicted molar refractivity (Wildman–Crippen MR) is 78.1 cm³/mol. The summed E-state index contributed by atoms with van der Waals surface area (Å²) in [5.41, 5.74) is -0.852. The zero-order valence-electron chi connectivity index (χ0n) is 13.1. The van der Waals surface area contributed by atoms with Gasteiger partial charge in [0.1, 0.15) is 0 Å². The van der Waals surface area contributed by atoms with Crippen molar-refractivity contribution in [2.24, 2.45) is 5.41 Å². The first-order valence-corrected chi connectivity index (χ1v) is 7.80. The summed E-state index contributed by atoms with van der Waals surface area (Å²) in [6.45, 7) is 6.81. The molecular formula is C15H26N2O4. The minimum atomic E-state index is -0.852. The molecule has 0 aromatic carbocycles. The smallest absolute Gasteiger partial charge is 0.318 e. The van der Waals surface area contributed by atoms with Crippen molar-refractivity contribution in [1.29, 1.82) is 0 Å². The van der Waals surface area contributed by atoms with Crippen molar-refractivity contribution < 1.29 is 19.4 Å². The van der Waals surface area contributed by atoms with E-state index in [0.29, 0.717) is 19.6 Å². The number of ether oxygens (including phenoxy) is 1. The Balaban J connectivity index is 2.04. The first-order chi connectivity index (χ1) is 9.88. The second kappa shape index (κ2) is 6.22. The molecule has 2 N–H and O–H groups in total. The molecule has 2 aliphatic rings. The molecule has 6 heteroatoms. The van der Waals surface area contributed by atoms with E-state index in [4.69, 9.17) is 4.74 Å². The van der Waals surface area contributed by atoms with Gasteiger partial charge in [-0.2, -0.15) is 0 Å². The molecule has 1 saturated carbocycles. The summed E-state index contributed by atoms with van der Waals surface area (Å²) in [5.74, 6) is -0.826. The number of carbonyl (C=O) groups excluding carboxylic acids is 1. The Kier molecular flexibility index (Phi) is 4.76. The quantitative estimate of drug-likeness (QED) is 0.833. The third kappa shape index (κ3) is 3.15. The van der Waals surface area contributed by atoms with Crippen LogP contribution in [0.1, 0.15) is 46.5 Å². The fraction of sp³-hybridized carbons (Fsp3) is 0.867. The highest BCUT2D eigenvalue weighted by Gasteiger charge is 2.46. The number of nitrogens with zero attached hydrogens (tertiary/aromatic N) is 1. The average Bonchev–Trinajstić information content (AvgIpc) is 2.81. The lowest BCUT2D eigenvalue weighted by molar-refractivity contribution is -0.148. The molecule has 120 valence electrons. The largest absolute Gasteiger partial charge is 0.481 e. The molecule has 0 radical (unpaired) electrons. The van der Waals surface area contributed by atoms with Gasteiger partial charge in [-0.3, -0.25) is 4.79 Å². The van der Waals surface area contributed by atoms with Crippen LogP contribution in [0.15, 0.2) is 0 Å². The Hall–Kier alpha value is -1.30. The normalized spacial score (nSPS) is 36.5. The summed E-state index contributed by atoms with van der Waals surface area (Å²) >= 11 is 0. The van der Waals surface area contributed by atoms with Gasteiger partial charge in [-0.25, -0.2) is 4.79 Å². The van der Waals surface area contributed by atoms with Crippen LogP contribution >= 0.6 is 0 Å². The molecule has 0 aromatic rings. The topological polar surface area (TPSA) is 78.9 Å². The maximum absolute atomic E-state index is 12.5. The van der Waals surface area contributed by atoms with Crippen molar-refractivity contribution in [3.63, 3.8) is 0 Å². The van der Waals surface area contributed by atoms with Gasteiger partial charge in [0.25, 0.3) is 0 Å². The van der Waals surface area contributed by atoms with Crippen molar-refractivity contribution in [3.05, 3.63) is 0 Å². The van der Waals surface area contributed by atoms with Gasteiger partial charge in [0.15, 0.2) is 0 Å². The highest BCUT2D eigenvalue weighted by Crippen LogP contribution is 2.38. The lowest BCUT2D eigenvalue weighted by Gasteiger charge is -2.39. The molecule has 2 fully saturated rings. The fourth-order valence-electron chi connectivity index (χ4n) is 3.32. The van der Waals surface area contributed by atoms with Gasteiger partial charge in [-0.1, -0.05) is 13.3 Å². The molecule has 2 amide bonds. The summed E-state index contributed by atoms with van der Waals surface area (Å²) in [6, 6.07) is -0.381. The van der Waals surface area contributed by atoms with Gasteiger partial charge in [-0.15, -0.1) is 0 Å². The van der Waals surface area contributed by atoms with Gasteiger partial charge in [0.2, 0.25) is 0 Å². The minimum absolute atomic E-state index is 0.0213. The Morgan fingerprint density at radius 3 is 2.81 bits per heavy atom. The molecule has 1 saturated heterocycles. The number of morpholine rings is 1. The van der Waals surface area contributed by atoms with E-state index in [1.807, 2.05) is 13.8 Å². The van der Waals surface area contributed by atoms with Gasteiger partial charge in [0, 0.05) is 12.6 Å². The van der Waals surface area contributed by atoms with Crippen molar-refractivity contribution in [3.8, 4) is 0 Å². The molecule has 1 heterocycles. The summed E-state index contributed by atoms with van der Waals surface area (Å²) in [5, 5.41) is 12.4. The molecule has 1 aliphatic carbocycles. The number of carboxylic acid groups (broad SMARTS) is 1. The molecule has 6 nitrogen and oxygen atoms in total. The standard InChI is InChI=1S/C15H26N2O4/c1-4-11-9-21-10(2)8-17(11)14(20)16-12-6-5-7-15(12,3)13(18)19/h10-12H,4-9H2,1-3H3,(H,16,20)(H,18,19).